The molecule has 1 saturated carbocycles. The summed E-state index contributed by atoms with van der Waals surface area (Å²) in [6.07, 6.45) is 3.30. The second-order valence-corrected chi connectivity index (χ2v) is 8.23. The van der Waals surface area contributed by atoms with Crippen LogP contribution in [0.2, 0.25) is 0 Å². The minimum absolute atomic E-state index is 0. The summed E-state index contributed by atoms with van der Waals surface area (Å²) in [7, 11) is -3.38. The third-order valence-electron chi connectivity index (χ3n) is 3.95. The number of amides is 2. The van der Waals surface area contributed by atoms with Gasteiger partial charge in [-0.25, -0.2) is 13.1 Å². The molecule has 0 heterocycles. The van der Waals surface area contributed by atoms with E-state index in [2.05, 4.69) is 15.4 Å². The van der Waals surface area contributed by atoms with Crippen LogP contribution in [0.25, 0.3) is 0 Å². The van der Waals surface area contributed by atoms with Crippen molar-refractivity contribution in [2.75, 3.05) is 25.4 Å². The lowest BCUT2D eigenvalue weighted by Crippen LogP contribution is -2.47. The van der Waals surface area contributed by atoms with Crippen LogP contribution in [0.5, 0.6) is 0 Å². The van der Waals surface area contributed by atoms with Crippen LogP contribution in [0.15, 0.2) is 0 Å². The minimum Gasteiger partial charge on any atom is -0.353 e. The third-order valence-corrected chi connectivity index (χ3v) is 5.30. The highest BCUT2D eigenvalue weighted by Crippen LogP contribution is 2.25. The fourth-order valence-electron chi connectivity index (χ4n) is 1.99. The Morgan fingerprint density at radius 3 is 2.33 bits per heavy atom. The summed E-state index contributed by atoms with van der Waals surface area (Å²) in [6, 6.07) is -0.668. The van der Waals surface area contributed by atoms with Gasteiger partial charge in [-0.15, -0.1) is 12.4 Å². The molecule has 0 bridgehead atoms. The Bertz CT molecular complexity index is 509. The molecule has 1 aliphatic rings. The summed E-state index contributed by atoms with van der Waals surface area (Å²) < 4.78 is 26.0. The standard InChI is InChI=1S/C14H28N4O4S.ClH/c1-10(2)13(15)14(20)17-9-12(19)16-6-7-23(21,22)18-8-11-4-3-5-11;/h10-11,13,18H,3-9,15H2,1-2H3,(H,16,19)(H,17,20);1H/t13-;/m0./s1. The van der Waals surface area contributed by atoms with Crippen LogP contribution >= 0.6 is 12.4 Å². The highest BCUT2D eigenvalue weighted by molar-refractivity contribution is 7.89. The number of rotatable bonds is 10. The van der Waals surface area contributed by atoms with E-state index in [1.54, 1.807) is 0 Å². The zero-order valence-electron chi connectivity index (χ0n) is 14.2. The van der Waals surface area contributed by atoms with Crippen LogP contribution in [0, 0.1) is 11.8 Å². The Labute approximate surface area is 150 Å². The molecule has 0 aromatic carbocycles. The maximum absolute atomic E-state index is 11.7. The maximum atomic E-state index is 11.7. The van der Waals surface area contributed by atoms with Gasteiger partial charge < -0.3 is 16.4 Å². The molecule has 0 aromatic heterocycles. The van der Waals surface area contributed by atoms with E-state index in [1.807, 2.05) is 13.8 Å². The first-order chi connectivity index (χ1) is 10.7. The Balaban J connectivity index is 0.00000529. The zero-order valence-corrected chi connectivity index (χ0v) is 15.8. The van der Waals surface area contributed by atoms with Crippen molar-refractivity contribution < 1.29 is 18.0 Å². The largest absolute Gasteiger partial charge is 0.353 e. The summed E-state index contributed by atoms with van der Waals surface area (Å²) in [6.45, 7) is 3.89. The second-order valence-electron chi connectivity index (χ2n) is 6.30. The van der Waals surface area contributed by atoms with E-state index in [0.29, 0.717) is 12.5 Å². The number of halogens is 1. The molecule has 10 heteroatoms. The highest BCUT2D eigenvalue weighted by atomic mass is 35.5. The van der Waals surface area contributed by atoms with Gasteiger partial charge in [0.1, 0.15) is 0 Å². The van der Waals surface area contributed by atoms with Crippen LogP contribution in [-0.2, 0) is 19.6 Å². The van der Waals surface area contributed by atoms with Crippen molar-refractivity contribution in [3.05, 3.63) is 0 Å². The van der Waals surface area contributed by atoms with Gasteiger partial charge in [0, 0.05) is 13.1 Å². The predicted molar refractivity (Wildman–Crippen MR) is 95.2 cm³/mol. The van der Waals surface area contributed by atoms with Gasteiger partial charge in [0.05, 0.1) is 18.3 Å². The molecule has 0 aromatic rings. The van der Waals surface area contributed by atoms with Gasteiger partial charge in [-0.3, -0.25) is 9.59 Å². The first kappa shape index (κ1) is 23.1. The zero-order chi connectivity index (χ0) is 17.5. The lowest BCUT2D eigenvalue weighted by Gasteiger charge is -2.25. The van der Waals surface area contributed by atoms with Gasteiger partial charge in [-0.1, -0.05) is 20.3 Å². The van der Waals surface area contributed by atoms with E-state index in [-0.39, 0.29) is 37.2 Å². The predicted octanol–water partition coefficient (Wildman–Crippen LogP) is -0.657. The molecule has 8 nitrogen and oxygen atoms in total. The SMILES string of the molecule is CC(C)[C@H](N)C(=O)NCC(=O)NCCS(=O)(=O)NCC1CCC1.Cl. The molecule has 2 amide bonds. The molecule has 24 heavy (non-hydrogen) atoms. The molecule has 0 radical (unpaired) electrons. The Kier molecular flexibility index (Phi) is 10.5. The molecule has 1 atom stereocenters. The number of nitrogens with two attached hydrogens (primary N) is 1. The van der Waals surface area contributed by atoms with Gasteiger partial charge in [0.2, 0.25) is 21.8 Å². The monoisotopic (exact) mass is 384 g/mol. The number of carbonyl (C=O) groups is 2. The molecule has 5 N–H and O–H groups in total. The molecule has 0 saturated heterocycles. The number of carbonyl (C=O) groups excluding carboxylic acids is 2. The molecule has 0 spiro atoms. The average molecular weight is 385 g/mol. The Morgan fingerprint density at radius 1 is 1.21 bits per heavy atom. The smallest absolute Gasteiger partial charge is 0.239 e. The highest BCUT2D eigenvalue weighted by Gasteiger charge is 2.20. The van der Waals surface area contributed by atoms with Crippen molar-refractivity contribution in [1.82, 2.24) is 15.4 Å². The van der Waals surface area contributed by atoms with E-state index in [4.69, 9.17) is 5.73 Å². The molecule has 1 aliphatic carbocycles. The van der Waals surface area contributed by atoms with E-state index < -0.39 is 27.9 Å². The Hall–Kier alpha value is -0.900. The van der Waals surface area contributed by atoms with Crippen molar-refractivity contribution in [2.24, 2.45) is 17.6 Å². The quantitative estimate of drug-likeness (QED) is 0.397. The fourth-order valence-corrected chi connectivity index (χ4v) is 2.99. The Morgan fingerprint density at radius 2 is 1.83 bits per heavy atom. The number of hydrogen-bond acceptors (Lipinski definition) is 5. The summed E-state index contributed by atoms with van der Waals surface area (Å²) in [5, 5.41) is 4.89. The summed E-state index contributed by atoms with van der Waals surface area (Å²) in [5.41, 5.74) is 5.65. The third kappa shape index (κ3) is 8.81. The summed E-state index contributed by atoms with van der Waals surface area (Å²) in [5.74, 6) is -0.594. The molecule has 142 valence electrons. The van der Waals surface area contributed by atoms with Crippen molar-refractivity contribution in [3.63, 3.8) is 0 Å². The van der Waals surface area contributed by atoms with Crippen LogP contribution in [0.3, 0.4) is 0 Å². The van der Waals surface area contributed by atoms with Crippen LogP contribution in [0.4, 0.5) is 0 Å². The first-order valence-corrected chi connectivity index (χ1v) is 9.64. The number of nitrogens with one attached hydrogen (secondary N) is 3. The van der Waals surface area contributed by atoms with Gasteiger partial charge in [0.25, 0.3) is 0 Å². The summed E-state index contributed by atoms with van der Waals surface area (Å²) in [4.78, 5) is 23.1. The van der Waals surface area contributed by atoms with Gasteiger partial charge in [0.15, 0.2) is 0 Å². The van der Waals surface area contributed by atoms with E-state index in [9.17, 15) is 18.0 Å². The molecule has 1 rings (SSSR count). The maximum Gasteiger partial charge on any atom is 0.239 e. The first-order valence-electron chi connectivity index (χ1n) is 7.98. The molecule has 0 unspecified atom stereocenters. The van der Waals surface area contributed by atoms with Crippen LogP contribution in [0.1, 0.15) is 33.1 Å². The molecular weight excluding hydrogens is 356 g/mol. The minimum atomic E-state index is -3.38. The van der Waals surface area contributed by atoms with Crippen molar-refractivity contribution in [3.8, 4) is 0 Å². The number of sulfonamides is 1. The fraction of sp³-hybridized carbons (Fsp3) is 0.857. The second kappa shape index (κ2) is 10.9. The lowest BCUT2D eigenvalue weighted by atomic mass is 9.86. The number of hydrogen-bond donors (Lipinski definition) is 4. The van der Waals surface area contributed by atoms with Gasteiger partial charge in [-0.2, -0.15) is 0 Å². The van der Waals surface area contributed by atoms with E-state index >= 15 is 0 Å². The van der Waals surface area contributed by atoms with Crippen molar-refractivity contribution in [2.45, 2.75) is 39.2 Å². The van der Waals surface area contributed by atoms with Gasteiger partial charge >= 0.3 is 0 Å². The van der Waals surface area contributed by atoms with Crippen molar-refractivity contribution >= 4 is 34.2 Å². The van der Waals surface area contributed by atoms with Gasteiger partial charge in [-0.05, 0) is 24.7 Å². The van der Waals surface area contributed by atoms with Crippen molar-refractivity contribution in [1.29, 1.82) is 0 Å². The average Bonchev–Trinajstić information content (AvgIpc) is 2.41. The normalized spacial score (nSPS) is 16.0. The lowest BCUT2D eigenvalue weighted by molar-refractivity contribution is -0.127. The topological polar surface area (TPSA) is 130 Å². The van der Waals surface area contributed by atoms with E-state index in [1.165, 1.54) is 0 Å². The van der Waals surface area contributed by atoms with E-state index in [0.717, 1.165) is 19.3 Å². The molecular formula is C14H29ClN4O4S. The summed E-state index contributed by atoms with van der Waals surface area (Å²) >= 11 is 0. The van der Waals surface area contributed by atoms with Crippen LogP contribution in [-0.4, -0.2) is 51.7 Å². The molecule has 0 aliphatic heterocycles. The molecule has 1 fully saturated rings. The van der Waals surface area contributed by atoms with Crippen LogP contribution < -0.4 is 21.1 Å².